The van der Waals surface area contributed by atoms with E-state index >= 15 is 0 Å². The van der Waals surface area contributed by atoms with Crippen LogP contribution in [0.15, 0.2) is 42.5 Å². The maximum absolute atomic E-state index is 12.3. The Hall–Kier alpha value is -2.08. The summed E-state index contributed by atoms with van der Waals surface area (Å²) in [7, 11) is 3.97. The molecule has 138 valence electrons. The van der Waals surface area contributed by atoms with Gasteiger partial charge in [0.1, 0.15) is 0 Å². The van der Waals surface area contributed by atoms with E-state index in [0.29, 0.717) is 33.4 Å². The molecule has 0 saturated heterocycles. The highest BCUT2D eigenvalue weighted by Crippen LogP contribution is 2.30. The highest BCUT2D eigenvalue weighted by Gasteiger charge is 2.12. The van der Waals surface area contributed by atoms with Crippen molar-refractivity contribution >= 4 is 40.7 Å². The molecule has 2 aromatic rings. The van der Waals surface area contributed by atoms with Crippen LogP contribution in [0.25, 0.3) is 0 Å². The molecular weight excluding hydrogens is 373 g/mol. The highest BCUT2D eigenvalue weighted by atomic mass is 35.5. The minimum atomic E-state index is -0.349. The summed E-state index contributed by atoms with van der Waals surface area (Å²) >= 11 is 12.1. The van der Waals surface area contributed by atoms with Crippen LogP contribution < -0.4 is 10.6 Å². The Morgan fingerprint density at radius 1 is 0.923 bits per heavy atom. The third-order valence-corrected chi connectivity index (χ3v) is 4.31. The van der Waals surface area contributed by atoms with Crippen molar-refractivity contribution in [3.05, 3.63) is 63.6 Å². The van der Waals surface area contributed by atoms with Crippen LogP contribution >= 0.6 is 23.2 Å². The smallest absolute Gasteiger partial charge is 0.255 e. The molecule has 0 bridgehead atoms. The van der Waals surface area contributed by atoms with E-state index in [1.807, 2.05) is 14.1 Å². The van der Waals surface area contributed by atoms with Gasteiger partial charge in [-0.05, 0) is 63.5 Å². The quantitative estimate of drug-likeness (QED) is 0.700. The van der Waals surface area contributed by atoms with E-state index in [-0.39, 0.29) is 11.8 Å². The number of para-hydroxylation sites is 1. The third-order valence-electron chi connectivity index (χ3n) is 3.68. The number of benzene rings is 2. The lowest BCUT2D eigenvalue weighted by Crippen LogP contribution is -2.27. The summed E-state index contributed by atoms with van der Waals surface area (Å²) in [4.78, 5) is 26.5. The van der Waals surface area contributed by atoms with Gasteiger partial charge < -0.3 is 15.5 Å². The summed E-state index contributed by atoms with van der Waals surface area (Å²) in [6.07, 6.45) is 0.873. The van der Waals surface area contributed by atoms with E-state index < -0.39 is 0 Å². The van der Waals surface area contributed by atoms with E-state index in [0.717, 1.165) is 13.0 Å². The SMILES string of the molecule is CN(C)CCCNC(=O)c1ccc(C(=O)Nc2c(Cl)cccc2Cl)cc1. The van der Waals surface area contributed by atoms with Crippen molar-refractivity contribution in [2.75, 3.05) is 32.5 Å². The summed E-state index contributed by atoms with van der Waals surface area (Å²) in [6, 6.07) is 11.4. The molecular formula is C19H21Cl2N3O2. The standard InChI is InChI=1S/C19H21Cl2N3O2/c1-24(2)12-4-11-22-18(25)13-7-9-14(10-8-13)19(26)23-17-15(20)5-3-6-16(17)21/h3,5-10H,4,11-12H2,1-2H3,(H,22,25)(H,23,26). The summed E-state index contributed by atoms with van der Waals surface area (Å²) in [6.45, 7) is 1.51. The van der Waals surface area contributed by atoms with Gasteiger partial charge in [0.2, 0.25) is 0 Å². The van der Waals surface area contributed by atoms with Crippen molar-refractivity contribution in [3.63, 3.8) is 0 Å². The van der Waals surface area contributed by atoms with Gasteiger partial charge >= 0.3 is 0 Å². The molecule has 0 atom stereocenters. The molecule has 2 amide bonds. The van der Waals surface area contributed by atoms with Gasteiger partial charge in [-0.3, -0.25) is 9.59 Å². The zero-order chi connectivity index (χ0) is 19.1. The second kappa shape index (κ2) is 9.57. The lowest BCUT2D eigenvalue weighted by atomic mass is 10.1. The van der Waals surface area contributed by atoms with E-state index in [1.165, 1.54) is 0 Å². The monoisotopic (exact) mass is 393 g/mol. The van der Waals surface area contributed by atoms with Crippen molar-refractivity contribution in [1.29, 1.82) is 0 Å². The van der Waals surface area contributed by atoms with Crippen LogP contribution in [0.4, 0.5) is 5.69 Å². The normalized spacial score (nSPS) is 10.7. The molecule has 0 aliphatic carbocycles. The van der Waals surface area contributed by atoms with Gasteiger partial charge in [-0.25, -0.2) is 0 Å². The van der Waals surface area contributed by atoms with Gasteiger partial charge in [0.15, 0.2) is 0 Å². The lowest BCUT2D eigenvalue weighted by Gasteiger charge is -2.11. The third kappa shape index (κ3) is 5.73. The summed E-state index contributed by atoms with van der Waals surface area (Å²) in [5.74, 6) is -0.511. The molecule has 0 aromatic heterocycles. The van der Waals surface area contributed by atoms with E-state index in [9.17, 15) is 9.59 Å². The van der Waals surface area contributed by atoms with Crippen molar-refractivity contribution in [3.8, 4) is 0 Å². The first-order valence-electron chi connectivity index (χ1n) is 8.17. The van der Waals surface area contributed by atoms with E-state index in [4.69, 9.17) is 23.2 Å². The number of carbonyl (C=O) groups excluding carboxylic acids is 2. The zero-order valence-electron chi connectivity index (χ0n) is 14.7. The largest absolute Gasteiger partial charge is 0.352 e. The van der Waals surface area contributed by atoms with Gasteiger partial charge in [-0.15, -0.1) is 0 Å². The van der Waals surface area contributed by atoms with Gasteiger partial charge in [0.05, 0.1) is 15.7 Å². The first kappa shape index (κ1) is 20.2. The van der Waals surface area contributed by atoms with Crippen molar-refractivity contribution in [2.45, 2.75) is 6.42 Å². The Bertz CT molecular complexity index is 757. The van der Waals surface area contributed by atoms with Gasteiger partial charge in [-0.2, -0.15) is 0 Å². The van der Waals surface area contributed by atoms with Gasteiger partial charge in [0.25, 0.3) is 11.8 Å². The molecule has 2 rings (SSSR count). The van der Waals surface area contributed by atoms with Crippen molar-refractivity contribution < 1.29 is 9.59 Å². The Morgan fingerprint density at radius 2 is 1.46 bits per heavy atom. The molecule has 2 N–H and O–H groups in total. The number of hydrogen-bond donors (Lipinski definition) is 2. The Morgan fingerprint density at radius 3 is 2.00 bits per heavy atom. The second-order valence-corrected chi connectivity index (χ2v) is 6.86. The fraction of sp³-hybridized carbons (Fsp3) is 0.263. The van der Waals surface area contributed by atoms with Crippen LogP contribution in [0.3, 0.4) is 0 Å². The zero-order valence-corrected chi connectivity index (χ0v) is 16.2. The molecule has 2 aromatic carbocycles. The number of nitrogens with one attached hydrogen (secondary N) is 2. The Kier molecular flexibility index (Phi) is 7.45. The maximum Gasteiger partial charge on any atom is 0.255 e. The number of amides is 2. The van der Waals surface area contributed by atoms with Crippen LogP contribution in [-0.2, 0) is 0 Å². The average molecular weight is 394 g/mol. The fourth-order valence-electron chi connectivity index (χ4n) is 2.28. The number of hydrogen-bond acceptors (Lipinski definition) is 3. The molecule has 0 aliphatic heterocycles. The number of carbonyl (C=O) groups is 2. The predicted octanol–water partition coefficient (Wildman–Crippen LogP) is 3.93. The number of anilines is 1. The molecule has 0 radical (unpaired) electrons. The van der Waals surface area contributed by atoms with E-state index in [2.05, 4.69) is 15.5 Å². The molecule has 26 heavy (non-hydrogen) atoms. The van der Waals surface area contributed by atoms with Crippen LogP contribution in [0.5, 0.6) is 0 Å². The first-order chi connectivity index (χ1) is 12.4. The Labute approximate surface area is 163 Å². The molecule has 5 nitrogen and oxygen atoms in total. The topological polar surface area (TPSA) is 61.4 Å². The Balaban J connectivity index is 1.96. The first-order valence-corrected chi connectivity index (χ1v) is 8.92. The van der Waals surface area contributed by atoms with Crippen LogP contribution in [0, 0.1) is 0 Å². The molecule has 0 heterocycles. The van der Waals surface area contributed by atoms with E-state index in [1.54, 1.807) is 42.5 Å². The minimum Gasteiger partial charge on any atom is -0.352 e. The summed E-state index contributed by atoms with van der Waals surface area (Å²) < 4.78 is 0. The average Bonchev–Trinajstić information content (AvgIpc) is 2.61. The van der Waals surface area contributed by atoms with Gasteiger partial charge in [-0.1, -0.05) is 29.3 Å². The summed E-state index contributed by atoms with van der Waals surface area (Å²) in [5.41, 5.74) is 1.27. The molecule has 0 fully saturated rings. The van der Waals surface area contributed by atoms with Crippen molar-refractivity contribution in [2.24, 2.45) is 0 Å². The van der Waals surface area contributed by atoms with Crippen LogP contribution in [0.2, 0.25) is 10.0 Å². The minimum absolute atomic E-state index is 0.162. The van der Waals surface area contributed by atoms with Gasteiger partial charge in [0, 0.05) is 17.7 Å². The molecule has 0 spiro atoms. The van der Waals surface area contributed by atoms with Crippen LogP contribution in [0.1, 0.15) is 27.1 Å². The van der Waals surface area contributed by atoms with Crippen LogP contribution in [-0.4, -0.2) is 43.9 Å². The van der Waals surface area contributed by atoms with Crippen molar-refractivity contribution in [1.82, 2.24) is 10.2 Å². The fourth-order valence-corrected chi connectivity index (χ4v) is 2.77. The predicted molar refractivity (Wildman–Crippen MR) is 106 cm³/mol. The number of nitrogens with zero attached hydrogens (tertiary/aromatic N) is 1. The number of rotatable bonds is 7. The maximum atomic E-state index is 12.3. The highest BCUT2D eigenvalue weighted by molar-refractivity contribution is 6.40. The lowest BCUT2D eigenvalue weighted by molar-refractivity contribution is 0.0950. The molecule has 0 unspecified atom stereocenters. The molecule has 7 heteroatoms. The second-order valence-electron chi connectivity index (χ2n) is 6.04. The molecule has 0 saturated carbocycles. The molecule has 0 aliphatic rings. The number of halogens is 2. The summed E-state index contributed by atoms with van der Waals surface area (Å²) in [5, 5.41) is 6.27.